The third-order valence-electron chi connectivity index (χ3n) is 3.16. The summed E-state index contributed by atoms with van der Waals surface area (Å²) in [6.07, 6.45) is 1.09. The number of nitrogens with one attached hydrogen (secondary N) is 1. The van der Waals surface area contributed by atoms with Gasteiger partial charge in [-0.15, -0.1) is 0 Å². The summed E-state index contributed by atoms with van der Waals surface area (Å²) in [6, 6.07) is 7.86. The fourth-order valence-corrected chi connectivity index (χ4v) is 2.26. The molecule has 2 atom stereocenters. The van der Waals surface area contributed by atoms with Crippen LogP contribution in [0.2, 0.25) is 5.02 Å². The Labute approximate surface area is 107 Å². The second kappa shape index (κ2) is 6.24. The molecule has 0 radical (unpaired) electrons. The lowest BCUT2D eigenvalue weighted by Crippen LogP contribution is -2.39. The molecule has 94 valence electrons. The Morgan fingerprint density at radius 1 is 1.53 bits per heavy atom. The van der Waals surface area contributed by atoms with Crippen LogP contribution in [0.15, 0.2) is 24.3 Å². The largest absolute Gasteiger partial charge is 0.490 e. The second-order valence-corrected chi connectivity index (χ2v) is 4.67. The van der Waals surface area contributed by atoms with Crippen molar-refractivity contribution >= 4 is 11.6 Å². The maximum atomic E-state index is 6.04. The Morgan fingerprint density at radius 2 is 2.35 bits per heavy atom. The third-order valence-corrected chi connectivity index (χ3v) is 3.47. The zero-order valence-electron chi connectivity index (χ0n) is 9.99. The second-order valence-electron chi connectivity index (χ2n) is 4.26. The smallest absolute Gasteiger partial charge is 0.137 e. The van der Waals surface area contributed by atoms with Gasteiger partial charge in [0, 0.05) is 18.6 Å². The minimum absolute atomic E-state index is 0.314. The number of para-hydroxylation sites is 1. The first-order chi connectivity index (χ1) is 8.31. The topological polar surface area (TPSA) is 30.5 Å². The third kappa shape index (κ3) is 3.35. The van der Waals surface area contributed by atoms with Crippen molar-refractivity contribution in [3.63, 3.8) is 0 Å². The number of rotatable bonds is 5. The number of benzene rings is 1. The summed E-state index contributed by atoms with van der Waals surface area (Å²) in [5.41, 5.74) is 0. The van der Waals surface area contributed by atoms with Crippen LogP contribution in [0.1, 0.15) is 6.42 Å². The molecule has 3 nitrogen and oxygen atoms in total. The van der Waals surface area contributed by atoms with E-state index in [1.165, 1.54) is 0 Å². The van der Waals surface area contributed by atoms with E-state index in [1.807, 2.05) is 31.3 Å². The lowest BCUT2D eigenvalue weighted by molar-refractivity contribution is 0.163. The molecule has 1 aromatic carbocycles. The van der Waals surface area contributed by atoms with Gasteiger partial charge in [-0.25, -0.2) is 0 Å². The van der Waals surface area contributed by atoms with E-state index in [1.54, 1.807) is 0 Å². The van der Waals surface area contributed by atoms with Crippen molar-refractivity contribution in [3.05, 3.63) is 29.3 Å². The predicted octanol–water partition coefficient (Wildman–Crippen LogP) is 2.34. The van der Waals surface area contributed by atoms with Crippen molar-refractivity contribution in [2.24, 2.45) is 5.92 Å². The van der Waals surface area contributed by atoms with Gasteiger partial charge in [0.25, 0.3) is 0 Å². The first-order valence-corrected chi connectivity index (χ1v) is 6.31. The summed E-state index contributed by atoms with van der Waals surface area (Å²) in [5, 5.41) is 3.94. The summed E-state index contributed by atoms with van der Waals surface area (Å²) in [7, 11) is 1.96. The zero-order chi connectivity index (χ0) is 12.1. The fraction of sp³-hybridized carbons (Fsp3) is 0.538. The van der Waals surface area contributed by atoms with Gasteiger partial charge in [0.05, 0.1) is 11.6 Å². The molecule has 1 aromatic rings. The minimum atomic E-state index is 0.314. The molecule has 1 heterocycles. The van der Waals surface area contributed by atoms with Gasteiger partial charge in [-0.2, -0.15) is 0 Å². The number of hydrogen-bond donors (Lipinski definition) is 1. The maximum absolute atomic E-state index is 6.04. The number of hydrogen-bond acceptors (Lipinski definition) is 3. The van der Waals surface area contributed by atoms with Gasteiger partial charge < -0.3 is 14.8 Å². The highest BCUT2D eigenvalue weighted by molar-refractivity contribution is 6.32. The van der Waals surface area contributed by atoms with E-state index in [4.69, 9.17) is 21.1 Å². The number of ether oxygens (including phenoxy) is 2. The van der Waals surface area contributed by atoms with Crippen LogP contribution in [-0.4, -0.2) is 32.9 Å². The molecule has 1 N–H and O–H groups in total. The van der Waals surface area contributed by atoms with E-state index in [0.29, 0.717) is 23.6 Å². The molecular weight excluding hydrogens is 238 g/mol. The number of halogens is 1. The van der Waals surface area contributed by atoms with Gasteiger partial charge in [0.2, 0.25) is 0 Å². The van der Waals surface area contributed by atoms with Crippen molar-refractivity contribution < 1.29 is 9.47 Å². The van der Waals surface area contributed by atoms with Gasteiger partial charge in [0.1, 0.15) is 12.4 Å². The molecule has 0 saturated carbocycles. The molecule has 1 aliphatic heterocycles. The van der Waals surface area contributed by atoms with E-state index in [0.717, 1.165) is 25.4 Å². The first-order valence-electron chi connectivity index (χ1n) is 5.93. The zero-order valence-corrected chi connectivity index (χ0v) is 10.7. The van der Waals surface area contributed by atoms with Crippen LogP contribution < -0.4 is 10.1 Å². The van der Waals surface area contributed by atoms with Gasteiger partial charge in [0.15, 0.2) is 0 Å². The van der Waals surface area contributed by atoms with Crippen molar-refractivity contribution in [1.82, 2.24) is 5.32 Å². The summed E-state index contributed by atoms with van der Waals surface area (Å²) >= 11 is 6.04. The molecule has 4 heteroatoms. The average molecular weight is 256 g/mol. The highest BCUT2D eigenvalue weighted by Gasteiger charge is 2.25. The number of likely N-dealkylation sites (N-methyl/N-ethyl adjacent to an activating group) is 1. The molecular formula is C13H18ClNO2. The van der Waals surface area contributed by atoms with Crippen LogP contribution in [0.25, 0.3) is 0 Å². The Hall–Kier alpha value is -0.770. The van der Waals surface area contributed by atoms with Crippen molar-refractivity contribution in [2.45, 2.75) is 12.5 Å². The van der Waals surface area contributed by atoms with E-state index in [-0.39, 0.29) is 0 Å². The van der Waals surface area contributed by atoms with Crippen molar-refractivity contribution in [1.29, 1.82) is 0 Å². The fourth-order valence-electron chi connectivity index (χ4n) is 2.07. The van der Waals surface area contributed by atoms with E-state index in [9.17, 15) is 0 Å². The first kappa shape index (κ1) is 12.7. The Morgan fingerprint density at radius 3 is 3.00 bits per heavy atom. The van der Waals surface area contributed by atoms with Crippen molar-refractivity contribution in [2.75, 3.05) is 26.9 Å². The predicted molar refractivity (Wildman–Crippen MR) is 68.7 cm³/mol. The molecule has 2 rings (SSSR count). The van der Waals surface area contributed by atoms with Crippen LogP contribution in [0.4, 0.5) is 0 Å². The molecule has 1 saturated heterocycles. The maximum Gasteiger partial charge on any atom is 0.137 e. The minimum Gasteiger partial charge on any atom is -0.490 e. The molecule has 0 spiro atoms. The van der Waals surface area contributed by atoms with Gasteiger partial charge in [-0.05, 0) is 25.6 Å². The van der Waals surface area contributed by atoms with Crippen LogP contribution in [0, 0.1) is 5.92 Å². The van der Waals surface area contributed by atoms with Crippen LogP contribution in [-0.2, 0) is 4.74 Å². The Bertz CT molecular complexity index is 353. The standard InChI is InChI=1S/C13H18ClNO2/c1-15-12(10-6-7-16-8-10)9-17-13-5-3-2-4-11(13)14/h2-5,10,12,15H,6-9H2,1H3. The van der Waals surface area contributed by atoms with Gasteiger partial charge in [-0.3, -0.25) is 0 Å². The molecule has 1 aliphatic rings. The molecule has 0 bridgehead atoms. The lowest BCUT2D eigenvalue weighted by atomic mass is 10.00. The van der Waals surface area contributed by atoms with E-state index < -0.39 is 0 Å². The van der Waals surface area contributed by atoms with Gasteiger partial charge >= 0.3 is 0 Å². The quantitative estimate of drug-likeness (QED) is 0.876. The highest BCUT2D eigenvalue weighted by Crippen LogP contribution is 2.24. The summed E-state index contributed by atoms with van der Waals surface area (Å²) in [5.74, 6) is 1.27. The molecule has 0 aromatic heterocycles. The van der Waals surface area contributed by atoms with Crippen molar-refractivity contribution in [3.8, 4) is 5.75 Å². The molecule has 17 heavy (non-hydrogen) atoms. The molecule has 0 aliphatic carbocycles. The Balaban J connectivity index is 1.89. The normalized spacial score (nSPS) is 21.4. The Kier molecular flexibility index (Phi) is 4.66. The van der Waals surface area contributed by atoms with Crippen LogP contribution >= 0.6 is 11.6 Å². The van der Waals surface area contributed by atoms with E-state index in [2.05, 4.69) is 5.32 Å². The van der Waals surface area contributed by atoms with Crippen LogP contribution in [0.5, 0.6) is 5.75 Å². The van der Waals surface area contributed by atoms with Crippen LogP contribution in [0.3, 0.4) is 0 Å². The summed E-state index contributed by atoms with van der Waals surface area (Å²) in [6.45, 7) is 2.29. The molecule has 1 fully saturated rings. The van der Waals surface area contributed by atoms with Gasteiger partial charge in [-0.1, -0.05) is 23.7 Å². The highest BCUT2D eigenvalue weighted by atomic mass is 35.5. The summed E-state index contributed by atoms with van der Waals surface area (Å²) < 4.78 is 11.1. The lowest BCUT2D eigenvalue weighted by Gasteiger charge is -2.22. The average Bonchev–Trinajstić information content (AvgIpc) is 2.86. The molecule has 0 amide bonds. The van der Waals surface area contributed by atoms with E-state index >= 15 is 0 Å². The summed E-state index contributed by atoms with van der Waals surface area (Å²) in [4.78, 5) is 0. The monoisotopic (exact) mass is 255 g/mol. The molecule has 2 unspecified atom stereocenters. The SMILES string of the molecule is CNC(COc1ccccc1Cl)C1CCOC1.